The normalized spacial score (nSPS) is 30.5. The molecule has 4 fully saturated rings. The second-order valence-electron chi connectivity index (χ2n) is 10.5. The average Bonchev–Trinajstić information content (AvgIpc) is 3.29. The number of carboxylic acids is 2. The number of nitrogens with zero attached hydrogens (tertiary/aromatic N) is 2. The zero-order chi connectivity index (χ0) is 27.1. The molecule has 1 aromatic carbocycles. The van der Waals surface area contributed by atoms with Crippen LogP contribution in [0.3, 0.4) is 0 Å². The lowest BCUT2D eigenvalue weighted by molar-refractivity contribution is -0.141. The van der Waals surface area contributed by atoms with Gasteiger partial charge in [0.05, 0.1) is 19.3 Å². The summed E-state index contributed by atoms with van der Waals surface area (Å²) in [7, 11) is 1.71. The van der Waals surface area contributed by atoms with E-state index >= 15 is 0 Å². The highest BCUT2D eigenvalue weighted by molar-refractivity contribution is 5.82. The van der Waals surface area contributed by atoms with Crippen molar-refractivity contribution in [1.29, 1.82) is 0 Å². The van der Waals surface area contributed by atoms with Gasteiger partial charge in [-0.15, -0.1) is 0 Å². The van der Waals surface area contributed by atoms with E-state index in [9.17, 15) is 9.90 Å². The van der Waals surface area contributed by atoms with E-state index < -0.39 is 11.9 Å². The van der Waals surface area contributed by atoms with Crippen molar-refractivity contribution in [3.8, 4) is 5.75 Å². The molecule has 4 saturated heterocycles. The molecule has 37 heavy (non-hydrogen) atoms. The van der Waals surface area contributed by atoms with Crippen molar-refractivity contribution >= 4 is 17.8 Å². The molecule has 5 rings (SSSR count). The van der Waals surface area contributed by atoms with Gasteiger partial charge in [0.25, 0.3) is 11.9 Å². The van der Waals surface area contributed by atoms with E-state index in [1.54, 1.807) is 7.11 Å². The molecule has 0 spiro atoms. The number of hydrogen-bond donors (Lipinski definition) is 4. The number of carboxylic acid groups (broad SMARTS) is 2. The molecule has 4 heterocycles. The Kier molecular flexibility index (Phi) is 10.3. The number of aliphatic hydroxyl groups excluding tert-OH is 1. The number of rotatable bonds is 3. The minimum Gasteiger partial charge on any atom is -0.497 e. The van der Waals surface area contributed by atoms with E-state index in [4.69, 9.17) is 24.5 Å². The number of piperidine rings is 3. The van der Waals surface area contributed by atoms with Crippen LogP contribution in [0, 0.1) is 11.8 Å². The molecule has 1 amide bonds. The number of methoxy groups -OCH3 is 1. The minimum absolute atomic E-state index is 0.196. The molecule has 0 unspecified atom stereocenters. The SMILES string of the molecule is CC(=O)O.CC(=O)O.COc1ccc([C@H]2CCC[C@H]3[C@@H]4C[C@@H](CN(C(=O)[C@H]5C[C@@H](O)CN5)C4)CN23)cc1. The Morgan fingerprint density at radius 2 is 1.62 bits per heavy atom. The first-order chi connectivity index (χ1) is 17.6. The maximum Gasteiger partial charge on any atom is 0.300 e. The summed E-state index contributed by atoms with van der Waals surface area (Å²) in [6.45, 7) is 5.53. The van der Waals surface area contributed by atoms with Gasteiger partial charge in [0.2, 0.25) is 5.91 Å². The molecule has 0 saturated carbocycles. The molecule has 0 aromatic heterocycles. The van der Waals surface area contributed by atoms with Crippen LogP contribution in [0.1, 0.15) is 57.6 Å². The molecule has 6 atom stereocenters. The first-order valence-corrected chi connectivity index (χ1v) is 13.1. The van der Waals surface area contributed by atoms with E-state index in [-0.39, 0.29) is 18.1 Å². The molecule has 0 aliphatic carbocycles. The maximum absolute atomic E-state index is 13.0. The van der Waals surface area contributed by atoms with Crippen LogP contribution in [0.2, 0.25) is 0 Å². The lowest BCUT2D eigenvalue weighted by Gasteiger charge is -2.55. The lowest BCUT2D eigenvalue weighted by atomic mass is 9.73. The lowest BCUT2D eigenvalue weighted by Crippen LogP contribution is -2.61. The molecule has 10 heteroatoms. The quantitative estimate of drug-likeness (QED) is 0.472. The summed E-state index contributed by atoms with van der Waals surface area (Å²) < 4.78 is 5.33. The maximum atomic E-state index is 13.0. The van der Waals surface area contributed by atoms with E-state index in [0.29, 0.717) is 36.9 Å². The monoisotopic (exact) mass is 519 g/mol. The number of aliphatic carboxylic acids is 2. The average molecular weight is 520 g/mol. The van der Waals surface area contributed by atoms with Gasteiger partial charge in [-0.3, -0.25) is 19.3 Å². The van der Waals surface area contributed by atoms with Gasteiger partial charge in [-0.1, -0.05) is 12.1 Å². The third-order valence-corrected chi connectivity index (χ3v) is 7.60. The summed E-state index contributed by atoms with van der Waals surface area (Å²) in [5.41, 5.74) is 1.40. The van der Waals surface area contributed by atoms with E-state index in [1.807, 2.05) is 0 Å². The number of benzene rings is 1. The number of nitrogens with one attached hydrogen (secondary N) is 1. The zero-order valence-electron chi connectivity index (χ0n) is 22.0. The number of amides is 1. The largest absolute Gasteiger partial charge is 0.497 e. The van der Waals surface area contributed by atoms with Crippen LogP contribution >= 0.6 is 0 Å². The summed E-state index contributed by atoms with van der Waals surface area (Å²) >= 11 is 0. The van der Waals surface area contributed by atoms with Crippen LogP contribution in [-0.4, -0.2) is 94.4 Å². The molecule has 206 valence electrons. The van der Waals surface area contributed by atoms with Crippen LogP contribution in [0.25, 0.3) is 0 Å². The Hall–Kier alpha value is -2.69. The van der Waals surface area contributed by atoms with Crippen molar-refractivity contribution in [2.24, 2.45) is 11.8 Å². The van der Waals surface area contributed by atoms with Crippen molar-refractivity contribution in [2.45, 2.75) is 70.2 Å². The number of β-amino-alcohol motifs (C(OH)–C–C–N with tert-alkyl or cyclic N) is 1. The fourth-order valence-electron chi connectivity index (χ4n) is 6.30. The third-order valence-electron chi connectivity index (χ3n) is 7.60. The summed E-state index contributed by atoms with van der Waals surface area (Å²) in [6.07, 6.45) is 5.14. The van der Waals surface area contributed by atoms with Gasteiger partial charge >= 0.3 is 0 Å². The third kappa shape index (κ3) is 7.90. The Balaban J connectivity index is 0.000000420. The number of carbonyl (C=O) groups excluding carboxylic acids is 1. The number of aliphatic hydroxyl groups is 1. The van der Waals surface area contributed by atoms with Gasteiger partial charge in [-0.25, -0.2) is 0 Å². The topological polar surface area (TPSA) is 140 Å². The van der Waals surface area contributed by atoms with Crippen LogP contribution in [0.5, 0.6) is 5.75 Å². The van der Waals surface area contributed by atoms with Crippen LogP contribution in [0.15, 0.2) is 24.3 Å². The molecular formula is C27H41N3O7. The first kappa shape index (κ1) is 28.9. The Labute approximate surface area is 218 Å². The van der Waals surface area contributed by atoms with E-state index in [1.165, 1.54) is 31.2 Å². The van der Waals surface area contributed by atoms with Crippen LogP contribution in [-0.2, 0) is 14.4 Å². The Bertz CT molecular complexity index is 905. The molecule has 4 aliphatic heterocycles. The number of likely N-dealkylation sites (tertiary alicyclic amines) is 1. The first-order valence-electron chi connectivity index (χ1n) is 13.1. The second kappa shape index (κ2) is 13.2. The van der Waals surface area contributed by atoms with E-state index in [0.717, 1.165) is 39.2 Å². The van der Waals surface area contributed by atoms with Crippen molar-refractivity contribution in [2.75, 3.05) is 33.3 Å². The highest BCUT2D eigenvalue weighted by Crippen LogP contribution is 2.44. The molecule has 1 aromatic rings. The summed E-state index contributed by atoms with van der Waals surface area (Å²) in [5.74, 6) is 0.571. The molecule has 2 bridgehead atoms. The summed E-state index contributed by atoms with van der Waals surface area (Å²) in [4.78, 5) is 35.9. The van der Waals surface area contributed by atoms with Gasteiger partial charge < -0.3 is 30.3 Å². The highest BCUT2D eigenvalue weighted by atomic mass is 16.5. The Morgan fingerprint density at radius 3 is 2.19 bits per heavy atom. The molecule has 0 radical (unpaired) electrons. The molecule has 4 N–H and O–H groups in total. The van der Waals surface area contributed by atoms with Crippen LogP contribution in [0.4, 0.5) is 0 Å². The van der Waals surface area contributed by atoms with Crippen molar-refractivity contribution < 1.29 is 34.4 Å². The summed E-state index contributed by atoms with van der Waals surface area (Å²) in [5, 5.41) is 27.8. The smallest absolute Gasteiger partial charge is 0.300 e. The van der Waals surface area contributed by atoms with Gasteiger partial charge in [0.15, 0.2) is 0 Å². The predicted octanol–water partition coefficient (Wildman–Crippen LogP) is 1.97. The predicted molar refractivity (Wildman–Crippen MR) is 137 cm³/mol. The van der Waals surface area contributed by atoms with Crippen molar-refractivity contribution in [3.05, 3.63) is 29.8 Å². The molecule has 10 nitrogen and oxygen atoms in total. The highest BCUT2D eigenvalue weighted by Gasteiger charge is 2.46. The van der Waals surface area contributed by atoms with Crippen molar-refractivity contribution in [1.82, 2.24) is 15.1 Å². The fraction of sp³-hybridized carbons (Fsp3) is 0.667. The van der Waals surface area contributed by atoms with E-state index in [2.05, 4.69) is 39.4 Å². The molecular weight excluding hydrogens is 478 g/mol. The van der Waals surface area contributed by atoms with Crippen molar-refractivity contribution in [3.63, 3.8) is 0 Å². The number of ether oxygens (including phenoxy) is 1. The molecule has 4 aliphatic rings. The van der Waals surface area contributed by atoms with Crippen LogP contribution < -0.4 is 10.1 Å². The number of fused-ring (bicyclic) bond motifs is 4. The zero-order valence-corrected chi connectivity index (χ0v) is 22.0. The van der Waals surface area contributed by atoms with Gasteiger partial charge in [0, 0.05) is 52.1 Å². The van der Waals surface area contributed by atoms with Gasteiger partial charge in [0.1, 0.15) is 5.75 Å². The minimum atomic E-state index is -0.833. The Morgan fingerprint density at radius 1 is 0.973 bits per heavy atom. The van der Waals surface area contributed by atoms with Gasteiger partial charge in [-0.2, -0.15) is 0 Å². The van der Waals surface area contributed by atoms with Gasteiger partial charge in [-0.05, 0) is 61.6 Å². The second-order valence-corrected chi connectivity index (χ2v) is 10.5. The standard InChI is InChI=1S/C23H33N3O3.2C2H4O2/c1-29-19-7-5-16(6-8-19)21-3-2-4-22-17-9-15(13-26(21)22)12-25(14-17)23(28)20-10-18(27)11-24-20;2*1-2(3)4/h5-8,15,17-18,20-22,24,27H,2-4,9-14H2,1H3;2*1H3,(H,3,4)/t15-,17+,18+,20+,21+,22-;;/m0../s1. The number of carbonyl (C=O) groups is 3. The summed E-state index contributed by atoms with van der Waals surface area (Å²) in [6, 6.07) is 9.47. The fourth-order valence-corrected chi connectivity index (χ4v) is 6.30. The number of hydrogen-bond acceptors (Lipinski definition) is 7.